The standard InChI is InChI=1S/C17H25ClN2O4S/c1-12-10-14(18)7-8-16(12)24-13(2)17(21)20-9-5-4-6-15(20)11-19-25(3,22)23/h7-8,10,13,15,19H,4-6,9,11H2,1-3H3/t13-,15-/m0/s1. The van der Waals surface area contributed by atoms with Crippen LogP contribution >= 0.6 is 11.6 Å². The van der Waals surface area contributed by atoms with Crippen molar-refractivity contribution in [1.82, 2.24) is 9.62 Å². The van der Waals surface area contributed by atoms with Gasteiger partial charge in [0.25, 0.3) is 5.91 Å². The van der Waals surface area contributed by atoms with Crippen molar-refractivity contribution in [2.24, 2.45) is 0 Å². The number of benzene rings is 1. The quantitative estimate of drug-likeness (QED) is 0.811. The van der Waals surface area contributed by atoms with Gasteiger partial charge in [-0.05, 0) is 56.9 Å². The van der Waals surface area contributed by atoms with Crippen LogP contribution in [0.1, 0.15) is 31.7 Å². The van der Waals surface area contributed by atoms with Gasteiger partial charge in [-0.3, -0.25) is 4.79 Å². The third-order valence-corrected chi connectivity index (χ3v) is 5.21. The van der Waals surface area contributed by atoms with E-state index >= 15 is 0 Å². The van der Waals surface area contributed by atoms with E-state index in [-0.39, 0.29) is 18.5 Å². The largest absolute Gasteiger partial charge is 0.481 e. The SMILES string of the molecule is Cc1cc(Cl)ccc1O[C@@H](C)C(=O)N1CCCC[C@H]1CNS(C)(=O)=O. The van der Waals surface area contributed by atoms with Crippen molar-refractivity contribution in [2.45, 2.75) is 45.3 Å². The highest BCUT2D eigenvalue weighted by Crippen LogP contribution is 2.24. The van der Waals surface area contributed by atoms with Gasteiger partial charge >= 0.3 is 0 Å². The van der Waals surface area contributed by atoms with Crippen LogP contribution in [0.5, 0.6) is 5.75 Å². The Morgan fingerprint density at radius 3 is 2.80 bits per heavy atom. The van der Waals surface area contributed by atoms with E-state index in [0.29, 0.717) is 17.3 Å². The van der Waals surface area contributed by atoms with E-state index in [9.17, 15) is 13.2 Å². The summed E-state index contributed by atoms with van der Waals surface area (Å²) in [7, 11) is -3.28. The minimum Gasteiger partial charge on any atom is -0.481 e. The second-order valence-electron chi connectivity index (χ2n) is 6.47. The van der Waals surface area contributed by atoms with Crippen LogP contribution in [0.3, 0.4) is 0 Å². The van der Waals surface area contributed by atoms with Crippen LogP contribution in [0.2, 0.25) is 5.02 Å². The van der Waals surface area contributed by atoms with Gasteiger partial charge in [-0.1, -0.05) is 11.6 Å². The summed E-state index contributed by atoms with van der Waals surface area (Å²) < 4.78 is 31.0. The first-order valence-electron chi connectivity index (χ1n) is 8.35. The number of hydrogen-bond acceptors (Lipinski definition) is 4. The van der Waals surface area contributed by atoms with Gasteiger partial charge < -0.3 is 9.64 Å². The van der Waals surface area contributed by atoms with Gasteiger partial charge in [0.2, 0.25) is 10.0 Å². The first-order valence-corrected chi connectivity index (χ1v) is 10.6. The zero-order valence-electron chi connectivity index (χ0n) is 14.8. The number of sulfonamides is 1. The monoisotopic (exact) mass is 388 g/mol. The molecular formula is C17H25ClN2O4S. The molecule has 0 spiro atoms. The van der Waals surface area contributed by atoms with Crippen LogP contribution in [0.25, 0.3) is 0 Å². The lowest BCUT2D eigenvalue weighted by molar-refractivity contribution is -0.141. The van der Waals surface area contributed by atoms with Crippen molar-refractivity contribution >= 4 is 27.5 Å². The molecule has 1 aliphatic heterocycles. The zero-order chi connectivity index (χ0) is 18.6. The lowest BCUT2D eigenvalue weighted by Crippen LogP contribution is -2.52. The van der Waals surface area contributed by atoms with E-state index in [4.69, 9.17) is 16.3 Å². The molecule has 0 aliphatic carbocycles. The fourth-order valence-electron chi connectivity index (χ4n) is 2.97. The molecule has 0 unspecified atom stereocenters. The zero-order valence-corrected chi connectivity index (χ0v) is 16.4. The molecule has 1 saturated heterocycles. The lowest BCUT2D eigenvalue weighted by atomic mass is 10.0. The van der Waals surface area contributed by atoms with Crippen LogP contribution < -0.4 is 9.46 Å². The molecule has 0 radical (unpaired) electrons. The van der Waals surface area contributed by atoms with Crippen molar-refractivity contribution < 1.29 is 17.9 Å². The Bertz CT molecular complexity index is 723. The van der Waals surface area contributed by atoms with Gasteiger partial charge in [0.05, 0.1) is 6.26 Å². The highest BCUT2D eigenvalue weighted by atomic mass is 35.5. The van der Waals surface area contributed by atoms with E-state index in [0.717, 1.165) is 31.1 Å². The molecule has 1 aromatic rings. The summed E-state index contributed by atoms with van der Waals surface area (Å²) in [6.45, 7) is 4.43. The number of aryl methyl sites for hydroxylation is 1. The first-order chi connectivity index (χ1) is 11.7. The maximum atomic E-state index is 12.8. The Balaban J connectivity index is 2.04. The molecule has 8 heteroatoms. The number of ether oxygens (including phenoxy) is 1. The van der Waals surface area contributed by atoms with Gasteiger partial charge in [0.1, 0.15) is 5.75 Å². The van der Waals surface area contributed by atoms with Gasteiger partial charge in [0.15, 0.2) is 6.10 Å². The summed E-state index contributed by atoms with van der Waals surface area (Å²) >= 11 is 5.94. The molecule has 2 rings (SSSR count). The molecule has 1 heterocycles. The predicted molar refractivity (Wildman–Crippen MR) is 98.5 cm³/mol. The third kappa shape index (κ3) is 5.87. The predicted octanol–water partition coefficient (Wildman–Crippen LogP) is 2.35. The van der Waals surface area contributed by atoms with E-state index in [1.54, 1.807) is 30.0 Å². The number of nitrogens with zero attached hydrogens (tertiary/aromatic N) is 1. The van der Waals surface area contributed by atoms with Crippen molar-refractivity contribution in [3.8, 4) is 5.75 Å². The molecule has 6 nitrogen and oxygen atoms in total. The highest BCUT2D eigenvalue weighted by molar-refractivity contribution is 7.88. The fraction of sp³-hybridized carbons (Fsp3) is 0.588. The second kappa shape index (κ2) is 8.38. The Kier molecular flexibility index (Phi) is 6.71. The topological polar surface area (TPSA) is 75.7 Å². The maximum absolute atomic E-state index is 12.8. The van der Waals surface area contributed by atoms with Crippen LogP contribution in [0.4, 0.5) is 0 Å². The summed E-state index contributed by atoms with van der Waals surface area (Å²) in [6.07, 6.45) is 3.13. The lowest BCUT2D eigenvalue weighted by Gasteiger charge is -2.37. The summed E-state index contributed by atoms with van der Waals surface area (Å²) in [4.78, 5) is 14.5. The van der Waals surface area contributed by atoms with Crippen molar-refractivity contribution in [2.75, 3.05) is 19.3 Å². The molecule has 1 N–H and O–H groups in total. The highest BCUT2D eigenvalue weighted by Gasteiger charge is 2.31. The van der Waals surface area contributed by atoms with Gasteiger partial charge in [-0.25, -0.2) is 13.1 Å². The molecule has 140 valence electrons. The summed E-state index contributed by atoms with van der Waals surface area (Å²) in [5.41, 5.74) is 0.862. The molecule has 0 saturated carbocycles. The first kappa shape index (κ1) is 20.0. The van der Waals surface area contributed by atoms with Gasteiger partial charge in [-0.15, -0.1) is 0 Å². The second-order valence-corrected chi connectivity index (χ2v) is 8.74. The molecular weight excluding hydrogens is 364 g/mol. The molecule has 2 atom stereocenters. The van der Waals surface area contributed by atoms with Gasteiger partial charge in [0, 0.05) is 24.2 Å². The molecule has 0 bridgehead atoms. The summed E-state index contributed by atoms with van der Waals surface area (Å²) in [5, 5.41) is 0.617. The van der Waals surface area contributed by atoms with E-state index in [2.05, 4.69) is 4.72 Å². The van der Waals surface area contributed by atoms with Crippen LogP contribution in [0.15, 0.2) is 18.2 Å². The molecule has 0 aromatic heterocycles. The molecule has 1 fully saturated rings. The minimum absolute atomic E-state index is 0.130. The van der Waals surface area contributed by atoms with Crippen LogP contribution in [-0.4, -0.2) is 50.7 Å². The maximum Gasteiger partial charge on any atom is 0.263 e. The van der Waals surface area contributed by atoms with Gasteiger partial charge in [-0.2, -0.15) is 0 Å². The van der Waals surface area contributed by atoms with Crippen LogP contribution in [0, 0.1) is 6.92 Å². The summed E-state index contributed by atoms with van der Waals surface area (Å²) in [6, 6.07) is 5.11. The smallest absolute Gasteiger partial charge is 0.263 e. The Morgan fingerprint density at radius 2 is 2.16 bits per heavy atom. The molecule has 1 aromatic carbocycles. The van der Waals surface area contributed by atoms with E-state index < -0.39 is 16.1 Å². The number of carbonyl (C=O) groups excluding carboxylic acids is 1. The number of hydrogen-bond donors (Lipinski definition) is 1. The molecule has 25 heavy (non-hydrogen) atoms. The summed E-state index contributed by atoms with van der Waals surface area (Å²) in [5.74, 6) is 0.488. The Hall–Kier alpha value is -1.31. The number of piperidine rings is 1. The number of rotatable bonds is 6. The number of amides is 1. The Morgan fingerprint density at radius 1 is 1.44 bits per heavy atom. The average Bonchev–Trinajstić information content (AvgIpc) is 2.54. The fourth-order valence-corrected chi connectivity index (χ4v) is 3.69. The van der Waals surface area contributed by atoms with E-state index in [1.807, 2.05) is 6.92 Å². The average molecular weight is 389 g/mol. The number of halogens is 1. The molecule has 1 amide bonds. The molecule has 1 aliphatic rings. The Labute approximate surface area is 154 Å². The number of nitrogens with one attached hydrogen (secondary N) is 1. The van der Waals surface area contributed by atoms with Crippen molar-refractivity contribution in [1.29, 1.82) is 0 Å². The number of carbonyl (C=O) groups is 1. The van der Waals surface area contributed by atoms with Crippen molar-refractivity contribution in [3.63, 3.8) is 0 Å². The normalized spacial score (nSPS) is 19.5. The number of likely N-dealkylation sites (tertiary alicyclic amines) is 1. The van der Waals surface area contributed by atoms with Crippen molar-refractivity contribution in [3.05, 3.63) is 28.8 Å². The van der Waals surface area contributed by atoms with Crippen LogP contribution in [-0.2, 0) is 14.8 Å². The van der Waals surface area contributed by atoms with E-state index in [1.165, 1.54) is 0 Å². The third-order valence-electron chi connectivity index (χ3n) is 4.28. The minimum atomic E-state index is -3.28.